The molecule has 0 radical (unpaired) electrons. The second kappa shape index (κ2) is 4.74. The minimum absolute atomic E-state index is 0.318. The van der Waals surface area contributed by atoms with E-state index in [4.69, 9.17) is 4.42 Å². The molecule has 0 atom stereocenters. The Morgan fingerprint density at radius 2 is 2.25 bits per heavy atom. The lowest BCUT2D eigenvalue weighted by atomic mass is 10.2. The summed E-state index contributed by atoms with van der Waals surface area (Å²) in [4.78, 5) is 0. The summed E-state index contributed by atoms with van der Waals surface area (Å²) in [6.45, 7) is 2.81. The van der Waals surface area contributed by atoms with Crippen LogP contribution in [0.25, 0.3) is 11.5 Å². The summed E-state index contributed by atoms with van der Waals surface area (Å²) in [6.07, 6.45) is 0.970. The summed E-state index contributed by atoms with van der Waals surface area (Å²) in [7, 11) is 0. The first-order valence-corrected chi connectivity index (χ1v) is 5.13. The largest absolute Gasteiger partial charge is 0.403 e. The molecule has 0 saturated heterocycles. The van der Waals surface area contributed by atoms with E-state index in [1.807, 2.05) is 6.92 Å². The van der Waals surface area contributed by atoms with Gasteiger partial charge in [-0.1, -0.05) is 18.1 Å². The van der Waals surface area contributed by atoms with Crippen LogP contribution in [0.1, 0.15) is 13.3 Å². The smallest absolute Gasteiger partial charge is 0.315 e. The van der Waals surface area contributed by atoms with E-state index < -0.39 is 0 Å². The monoisotopic (exact) mass is 221 g/mol. The minimum Gasteiger partial charge on any atom is -0.403 e. The molecule has 1 aromatic carbocycles. The average Bonchev–Trinajstić information content (AvgIpc) is 2.75. The van der Waals surface area contributed by atoms with Crippen LogP contribution in [0.15, 0.2) is 28.7 Å². The molecular weight excluding hydrogens is 209 g/mol. The van der Waals surface area contributed by atoms with Gasteiger partial charge in [0.1, 0.15) is 5.82 Å². The second-order valence-electron chi connectivity index (χ2n) is 3.35. The summed E-state index contributed by atoms with van der Waals surface area (Å²) in [5.41, 5.74) is 0.581. The Labute approximate surface area is 92.5 Å². The van der Waals surface area contributed by atoms with Crippen molar-refractivity contribution in [2.45, 2.75) is 13.3 Å². The van der Waals surface area contributed by atoms with Gasteiger partial charge in [-0.3, -0.25) is 0 Å². The number of anilines is 1. The van der Waals surface area contributed by atoms with Gasteiger partial charge in [0.2, 0.25) is 5.89 Å². The van der Waals surface area contributed by atoms with Crippen molar-refractivity contribution in [3.8, 4) is 11.5 Å². The van der Waals surface area contributed by atoms with Gasteiger partial charge in [0, 0.05) is 12.1 Å². The van der Waals surface area contributed by atoms with Crippen LogP contribution >= 0.6 is 0 Å². The molecule has 16 heavy (non-hydrogen) atoms. The molecule has 1 aromatic heterocycles. The van der Waals surface area contributed by atoms with Gasteiger partial charge in [-0.25, -0.2) is 4.39 Å². The lowest BCUT2D eigenvalue weighted by molar-refractivity contribution is 0.578. The summed E-state index contributed by atoms with van der Waals surface area (Å²) < 4.78 is 18.3. The molecule has 0 amide bonds. The van der Waals surface area contributed by atoms with Crippen molar-refractivity contribution in [3.05, 3.63) is 30.1 Å². The number of halogens is 1. The maximum atomic E-state index is 13.0. The zero-order valence-corrected chi connectivity index (χ0v) is 8.90. The fourth-order valence-corrected chi connectivity index (χ4v) is 1.26. The Morgan fingerprint density at radius 3 is 3.00 bits per heavy atom. The molecule has 0 unspecified atom stereocenters. The van der Waals surface area contributed by atoms with E-state index >= 15 is 0 Å². The van der Waals surface area contributed by atoms with Crippen LogP contribution in [0.2, 0.25) is 0 Å². The first kappa shape index (κ1) is 10.6. The number of rotatable bonds is 4. The SMILES string of the molecule is CCCNc1nnc(-c2cccc(F)c2)o1. The third-order valence-electron chi connectivity index (χ3n) is 2.02. The van der Waals surface area contributed by atoms with Crippen LogP contribution in [0.5, 0.6) is 0 Å². The molecule has 0 fully saturated rings. The van der Waals surface area contributed by atoms with Gasteiger partial charge < -0.3 is 9.73 Å². The number of nitrogens with one attached hydrogen (secondary N) is 1. The Hall–Kier alpha value is -1.91. The molecule has 0 spiro atoms. The molecule has 0 aliphatic carbocycles. The standard InChI is InChI=1S/C11H12FN3O/c1-2-6-13-11-15-14-10(16-11)8-4-3-5-9(12)7-8/h3-5,7H,2,6H2,1H3,(H,13,15). The fraction of sp³-hybridized carbons (Fsp3) is 0.273. The molecule has 84 valence electrons. The van der Waals surface area contributed by atoms with Crippen molar-refractivity contribution in [1.29, 1.82) is 0 Å². The van der Waals surface area contributed by atoms with Crippen LogP contribution in [0.3, 0.4) is 0 Å². The third kappa shape index (κ3) is 2.36. The molecule has 2 rings (SSSR count). The van der Waals surface area contributed by atoms with Crippen LogP contribution in [-0.4, -0.2) is 16.7 Å². The van der Waals surface area contributed by atoms with Crippen molar-refractivity contribution in [1.82, 2.24) is 10.2 Å². The number of aromatic nitrogens is 2. The first-order chi connectivity index (χ1) is 7.79. The van der Waals surface area contributed by atoms with Gasteiger partial charge in [-0.05, 0) is 24.6 Å². The van der Waals surface area contributed by atoms with Gasteiger partial charge in [0.05, 0.1) is 0 Å². The Morgan fingerprint density at radius 1 is 1.38 bits per heavy atom. The zero-order valence-electron chi connectivity index (χ0n) is 8.90. The maximum absolute atomic E-state index is 13.0. The highest BCUT2D eigenvalue weighted by Crippen LogP contribution is 2.20. The van der Waals surface area contributed by atoms with E-state index in [1.165, 1.54) is 12.1 Å². The van der Waals surface area contributed by atoms with Crippen molar-refractivity contribution in [2.75, 3.05) is 11.9 Å². The predicted molar refractivity (Wildman–Crippen MR) is 58.5 cm³/mol. The van der Waals surface area contributed by atoms with Crippen molar-refractivity contribution in [3.63, 3.8) is 0 Å². The van der Waals surface area contributed by atoms with E-state index in [9.17, 15) is 4.39 Å². The highest BCUT2D eigenvalue weighted by atomic mass is 19.1. The number of benzene rings is 1. The topological polar surface area (TPSA) is 51.0 Å². The highest BCUT2D eigenvalue weighted by molar-refractivity contribution is 5.53. The van der Waals surface area contributed by atoms with Crippen LogP contribution in [-0.2, 0) is 0 Å². The predicted octanol–water partition coefficient (Wildman–Crippen LogP) is 2.70. The average molecular weight is 221 g/mol. The van der Waals surface area contributed by atoms with E-state index in [0.717, 1.165) is 13.0 Å². The summed E-state index contributed by atoms with van der Waals surface area (Å²) in [5.74, 6) is -0.00290. The summed E-state index contributed by atoms with van der Waals surface area (Å²) >= 11 is 0. The second-order valence-corrected chi connectivity index (χ2v) is 3.35. The van der Waals surface area contributed by atoms with E-state index in [2.05, 4.69) is 15.5 Å². The van der Waals surface area contributed by atoms with Gasteiger partial charge >= 0.3 is 6.01 Å². The van der Waals surface area contributed by atoms with E-state index in [0.29, 0.717) is 17.5 Å². The normalized spacial score (nSPS) is 10.4. The summed E-state index contributed by atoms with van der Waals surface area (Å²) in [5, 5.41) is 10.6. The third-order valence-corrected chi connectivity index (χ3v) is 2.02. The molecule has 1 heterocycles. The molecule has 5 heteroatoms. The zero-order chi connectivity index (χ0) is 11.4. The number of nitrogens with zero attached hydrogens (tertiary/aromatic N) is 2. The highest BCUT2D eigenvalue weighted by Gasteiger charge is 2.08. The van der Waals surface area contributed by atoms with Crippen LogP contribution < -0.4 is 5.32 Å². The lowest BCUT2D eigenvalue weighted by Gasteiger charge is -1.96. The minimum atomic E-state index is -0.321. The van der Waals surface area contributed by atoms with Gasteiger partial charge in [0.25, 0.3) is 0 Å². The summed E-state index contributed by atoms with van der Waals surface area (Å²) in [6, 6.07) is 6.42. The fourth-order valence-electron chi connectivity index (χ4n) is 1.26. The molecule has 0 saturated carbocycles. The molecule has 0 bridgehead atoms. The molecule has 0 aliphatic rings. The lowest BCUT2D eigenvalue weighted by Crippen LogP contribution is -1.99. The van der Waals surface area contributed by atoms with Gasteiger partial charge in [0.15, 0.2) is 0 Å². The van der Waals surface area contributed by atoms with Crippen molar-refractivity contribution < 1.29 is 8.81 Å². The molecule has 1 N–H and O–H groups in total. The van der Waals surface area contributed by atoms with E-state index in [-0.39, 0.29) is 5.82 Å². The molecule has 2 aromatic rings. The van der Waals surface area contributed by atoms with Crippen LogP contribution in [0, 0.1) is 5.82 Å². The Kier molecular flexibility index (Phi) is 3.14. The van der Waals surface area contributed by atoms with Gasteiger partial charge in [-0.15, -0.1) is 5.10 Å². The molecule has 4 nitrogen and oxygen atoms in total. The van der Waals surface area contributed by atoms with E-state index in [1.54, 1.807) is 12.1 Å². The number of hydrogen-bond acceptors (Lipinski definition) is 4. The molecule has 0 aliphatic heterocycles. The number of hydrogen-bond donors (Lipinski definition) is 1. The quantitative estimate of drug-likeness (QED) is 0.862. The van der Waals surface area contributed by atoms with Gasteiger partial charge in [-0.2, -0.15) is 0 Å². The first-order valence-electron chi connectivity index (χ1n) is 5.13. The Balaban J connectivity index is 2.18. The maximum Gasteiger partial charge on any atom is 0.315 e. The Bertz CT molecular complexity index is 470. The van der Waals surface area contributed by atoms with Crippen LogP contribution in [0.4, 0.5) is 10.4 Å². The van der Waals surface area contributed by atoms with Crippen molar-refractivity contribution in [2.24, 2.45) is 0 Å². The van der Waals surface area contributed by atoms with Crippen molar-refractivity contribution >= 4 is 6.01 Å². The molecular formula is C11H12FN3O.